The first-order valence-electron chi connectivity index (χ1n) is 6.24. The third kappa shape index (κ3) is 2.06. The predicted molar refractivity (Wildman–Crippen MR) is 74.3 cm³/mol. The van der Waals surface area contributed by atoms with E-state index in [4.69, 9.17) is 10.8 Å². The van der Waals surface area contributed by atoms with Crippen molar-refractivity contribution in [1.82, 2.24) is 9.55 Å². The van der Waals surface area contributed by atoms with Gasteiger partial charge in [-0.05, 0) is 37.5 Å². The van der Waals surface area contributed by atoms with Crippen LogP contribution < -0.4 is 5.73 Å². The van der Waals surface area contributed by atoms with Crippen molar-refractivity contribution in [1.29, 1.82) is 0 Å². The first-order valence-corrected chi connectivity index (χ1v) is 7.04. The molecule has 1 unspecified atom stereocenters. The summed E-state index contributed by atoms with van der Waals surface area (Å²) in [7, 11) is 0. The molecule has 2 aromatic rings. The van der Waals surface area contributed by atoms with E-state index in [-0.39, 0.29) is 12.6 Å². The second kappa shape index (κ2) is 4.64. The molecule has 3 rings (SSSR count). The highest BCUT2D eigenvalue weighted by molar-refractivity contribution is 9.10. The molecule has 0 aliphatic heterocycles. The second-order valence-corrected chi connectivity index (χ2v) is 5.74. The van der Waals surface area contributed by atoms with Crippen molar-refractivity contribution in [2.45, 2.75) is 31.3 Å². The van der Waals surface area contributed by atoms with E-state index in [1.54, 1.807) is 0 Å². The highest BCUT2D eigenvalue weighted by Crippen LogP contribution is 2.40. The number of aliphatic hydroxyl groups excluding tert-OH is 1. The summed E-state index contributed by atoms with van der Waals surface area (Å²) in [5.41, 5.74) is 8.23. The number of nitrogens with two attached hydrogens (primary N) is 1. The maximum Gasteiger partial charge on any atom is 0.127 e. The van der Waals surface area contributed by atoms with Crippen LogP contribution in [0.5, 0.6) is 0 Å². The van der Waals surface area contributed by atoms with E-state index in [9.17, 15) is 0 Å². The maximum atomic E-state index is 9.04. The summed E-state index contributed by atoms with van der Waals surface area (Å²) in [6.45, 7) is 0.0960. The minimum Gasteiger partial charge on any atom is -0.396 e. The lowest BCUT2D eigenvalue weighted by Gasteiger charge is -2.13. The molecular weight excluding hydrogens is 294 g/mol. The number of fused-ring (bicyclic) bond motifs is 1. The molecule has 3 N–H and O–H groups in total. The Morgan fingerprint density at radius 2 is 2.28 bits per heavy atom. The number of hydrogen-bond donors (Lipinski definition) is 2. The Labute approximate surface area is 114 Å². The van der Waals surface area contributed by atoms with E-state index >= 15 is 0 Å². The topological polar surface area (TPSA) is 64.1 Å². The van der Waals surface area contributed by atoms with Gasteiger partial charge in [-0.1, -0.05) is 15.9 Å². The molecule has 5 heteroatoms. The van der Waals surface area contributed by atoms with E-state index in [2.05, 4.69) is 31.5 Å². The number of rotatable bonds is 4. The Morgan fingerprint density at radius 1 is 1.50 bits per heavy atom. The molecule has 0 spiro atoms. The van der Waals surface area contributed by atoms with Crippen molar-refractivity contribution < 1.29 is 5.11 Å². The number of aliphatic hydroxyl groups is 1. The molecule has 1 fully saturated rings. The monoisotopic (exact) mass is 309 g/mol. The molecule has 1 aromatic carbocycles. The number of nitrogens with zero attached hydrogens (tertiary/aromatic N) is 2. The van der Waals surface area contributed by atoms with Gasteiger partial charge in [0.1, 0.15) is 5.82 Å². The first-order chi connectivity index (χ1) is 8.70. The van der Waals surface area contributed by atoms with Crippen molar-refractivity contribution in [2.75, 3.05) is 6.61 Å². The molecule has 1 saturated carbocycles. The third-order valence-corrected chi connectivity index (χ3v) is 3.86. The fourth-order valence-electron chi connectivity index (χ4n) is 2.34. The number of benzene rings is 1. The van der Waals surface area contributed by atoms with Gasteiger partial charge >= 0.3 is 0 Å². The average molecular weight is 310 g/mol. The smallest absolute Gasteiger partial charge is 0.127 e. The van der Waals surface area contributed by atoms with E-state index in [1.807, 2.05) is 12.1 Å². The minimum atomic E-state index is -0.193. The Hall–Kier alpha value is -0.910. The molecule has 1 aliphatic rings. The summed E-state index contributed by atoms with van der Waals surface area (Å²) in [6, 6.07) is 6.48. The Bertz CT molecular complexity index is 577. The number of aromatic nitrogens is 2. The Kier molecular flexibility index (Phi) is 3.13. The van der Waals surface area contributed by atoms with Crippen molar-refractivity contribution >= 4 is 27.0 Å². The van der Waals surface area contributed by atoms with Gasteiger partial charge in [-0.25, -0.2) is 4.98 Å². The van der Waals surface area contributed by atoms with Gasteiger partial charge in [-0.3, -0.25) is 0 Å². The lowest BCUT2D eigenvalue weighted by atomic mass is 10.2. The van der Waals surface area contributed by atoms with Gasteiger partial charge in [0.05, 0.1) is 17.1 Å². The fraction of sp³-hybridized carbons (Fsp3) is 0.462. The molecule has 0 bridgehead atoms. The largest absolute Gasteiger partial charge is 0.396 e. The van der Waals surface area contributed by atoms with E-state index in [1.165, 1.54) is 12.8 Å². The van der Waals surface area contributed by atoms with Gasteiger partial charge in [0.25, 0.3) is 0 Å². The predicted octanol–water partition coefficient (Wildman–Crippen LogP) is 2.52. The first kappa shape index (κ1) is 12.1. The zero-order valence-electron chi connectivity index (χ0n) is 10.0. The molecule has 1 heterocycles. The normalized spacial score (nSPS) is 17.3. The van der Waals surface area contributed by atoms with Crippen molar-refractivity contribution in [3.05, 3.63) is 28.5 Å². The van der Waals surface area contributed by atoms with Gasteiger partial charge in [-0.2, -0.15) is 0 Å². The summed E-state index contributed by atoms with van der Waals surface area (Å²) in [5.74, 6) is 0.902. The van der Waals surface area contributed by atoms with Crippen LogP contribution in [0.15, 0.2) is 22.7 Å². The minimum absolute atomic E-state index is 0.0960. The number of halogens is 1. The average Bonchev–Trinajstić information content (AvgIpc) is 3.10. The van der Waals surface area contributed by atoms with Gasteiger partial charge in [0, 0.05) is 17.1 Å². The summed E-state index contributed by atoms with van der Waals surface area (Å²) in [5, 5.41) is 9.04. The SMILES string of the molecule is NC(CCO)c1nc2cc(Br)ccc2n1C1CC1. The molecule has 0 saturated heterocycles. The summed E-state index contributed by atoms with van der Waals surface area (Å²) in [6.07, 6.45) is 2.94. The van der Waals surface area contributed by atoms with Crippen LogP contribution in [0.3, 0.4) is 0 Å². The van der Waals surface area contributed by atoms with Crippen molar-refractivity contribution in [3.8, 4) is 0 Å². The molecule has 1 aromatic heterocycles. The molecule has 4 nitrogen and oxygen atoms in total. The second-order valence-electron chi connectivity index (χ2n) is 4.82. The van der Waals surface area contributed by atoms with Crippen LogP contribution in [0.2, 0.25) is 0 Å². The van der Waals surface area contributed by atoms with Gasteiger partial charge in [-0.15, -0.1) is 0 Å². The highest BCUT2D eigenvalue weighted by atomic mass is 79.9. The van der Waals surface area contributed by atoms with Crippen LogP contribution in [0.1, 0.15) is 37.2 Å². The zero-order chi connectivity index (χ0) is 12.7. The molecule has 0 radical (unpaired) electrons. The molecule has 1 atom stereocenters. The molecular formula is C13H16BrN3O. The van der Waals surface area contributed by atoms with Crippen LogP contribution in [0.25, 0.3) is 11.0 Å². The van der Waals surface area contributed by atoms with Gasteiger partial charge in [0.2, 0.25) is 0 Å². The molecule has 18 heavy (non-hydrogen) atoms. The summed E-state index contributed by atoms with van der Waals surface area (Å²) in [4.78, 5) is 4.65. The Balaban J connectivity index is 2.14. The van der Waals surface area contributed by atoms with Crippen molar-refractivity contribution in [3.63, 3.8) is 0 Å². The lowest BCUT2D eigenvalue weighted by Crippen LogP contribution is -2.17. The summed E-state index contributed by atoms with van der Waals surface area (Å²) >= 11 is 3.47. The standard InChI is InChI=1S/C13H16BrN3O/c14-8-1-4-12-11(7-8)16-13(10(15)5-6-18)17(12)9-2-3-9/h1,4,7,9-10,18H,2-3,5-6,15H2. The Morgan fingerprint density at radius 3 is 2.94 bits per heavy atom. The van der Waals surface area contributed by atoms with Crippen LogP contribution >= 0.6 is 15.9 Å². The van der Waals surface area contributed by atoms with Gasteiger partial charge < -0.3 is 15.4 Å². The van der Waals surface area contributed by atoms with E-state index in [0.29, 0.717) is 12.5 Å². The number of imidazole rings is 1. The maximum absolute atomic E-state index is 9.04. The lowest BCUT2D eigenvalue weighted by molar-refractivity contribution is 0.273. The molecule has 96 valence electrons. The highest BCUT2D eigenvalue weighted by Gasteiger charge is 2.29. The quantitative estimate of drug-likeness (QED) is 0.912. The van der Waals surface area contributed by atoms with E-state index in [0.717, 1.165) is 21.3 Å². The fourth-order valence-corrected chi connectivity index (χ4v) is 2.69. The van der Waals surface area contributed by atoms with E-state index < -0.39 is 0 Å². The van der Waals surface area contributed by atoms with Crippen LogP contribution in [0, 0.1) is 0 Å². The third-order valence-electron chi connectivity index (χ3n) is 3.36. The van der Waals surface area contributed by atoms with Crippen LogP contribution in [-0.4, -0.2) is 21.3 Å². The zero-order valence-corrected chi connectivity index (χ0v) is 11.6. The van der Waals surface area contributed by atoms with Crippen LogP contribution in [-0.2, 0) is 0 Å². The van der Waals surface area contributed by atoms with Crippen molar-refractivity contribution in [2.24, 2.45) is 5.73 Å². The van der Waals surface area contributed by atoms with Gasteiger partial charge in [0.15, 0.2) is 0 Å². The van der Waals surface area contributed by atoms with Crippen LogP contribution in [0.4, 0.5) is 0 Å². The molecule has 1 aliphatic carbocycles. The number of hydrogen-bond acceptors (Lipinski definition) is 3. The summed E-state index contributed by atoms with van der Waals surface area (Å²) < 4.78 is 3.28. The molecule has 0 amide bonds.